The number of hydrogen-bond donors (Lipinski definition) is 0. The highest BCUT2D eigenvalue weighted by atomic mass is 16.5. The van der Waals surface area contributed by atoms with Crippen molar-refractivity contribution in [3.8, 4) is 0 Å². The van der Waals surface area contributed by atoms with Crippen LogP contribution in [0.3, 0.4) is 0 Å². The van der Waals surface area contributed by atoms with Gasteiger partial charge in [-0.2, -0.15) is 0 Å². The van der Waals surface area contributed by atoms with Crippen LogP contribution in [-0.4, -0.2) is 25.4 Å². The summed E-state index contributed by atoms with van der Waals surface area (Å²) < 4.78 is 5.42. The van der Waals surface area contributed by atoms with Gasteiger partial charge in [-0.15, -0.1) is 0 Å². The number of rotatable bonds is 1. The Morgan fingerprint density at radius 1 is 1.54 bits per heavy atom. The second-order valence-corrected chi connectivity index (χ2v) is 3.46. The zero-order valence-corrected chi connectivity index (χ0v) is 8.19. The van der Waals surface area contributed by atoms with Crippen LogP contribution in [-0.2, 0) is 4.74 Å². The fraction of sp³-hybridized carbons (Fsp3) is 0.500. The molecule has 0 aromatic carbocycles. The molecule has 0 bridgehead atoms. The Morgan fingerprint density at radius 3 is 2.92 bits per heavy atom. The van der Waals surface area contributed by atoms with Crippen molar-refractivity contribution in [1.29, 1.82) is 0 Å². The Bertz CT molecular complexity index is 285. The van der Waals surface area contributed by atoms with Crippen molar-refractivity contribution >= 4 is 5.69 Å². The van der Waals surface area contributed by atoms with Gasteiger partial charge in [0.05, 0.1) is 0 Å². The van der Waals surface area contributed by atoms with E-state index < -0.39 is 0 Å². The molecule has 0 fully saturated rings. The van der Waals surface area contributed by atoms with E-state index in [1.165, 1.54) is 11.3 Å². The summed E-state index contributed by atoms with van der Waals surface area (Å²) in [5, 5.41) is 0. The Labute approximate surface area is 78.3 Å². The van der Waals surface area contributed by atoms with Gasteiger partial charge in [0, 0.05) is 43.7 Å². The summed E-state index contributed by atoms with van der Waals surface area (Å²) in [7, 11) is 3.80. The molecule has 0 saturated heterocycles. The van der Waals surface area contributed by atoms with Crippen LogP contribution in [0.15, 0.2) is 18.5 Å². The highest BCUT2D eigenvalue weighted by Crippen LogP contribution is 2.38. The maximum atomic E-state index is 5.42. The van der Waals surface area contributed by atoms with Gasteiger partial charge in [0.1, 0.15) is 6.23 Å². The summed E-state index contributed by atoms with van der Waals surface area (Å²) in [6.07, 6.45) is 3.90. The average Bonchev–Trinajstić information content (AvgIpc) is 2.41. The lowest BCUT2D eigenvalue weighted by atomic mass is 10.1. The molecule has 0 saturated carbocycles. The summed E-state index contributed by atoms with van der Waals surface area (Å²) >= 11 is 0. The lowest BCUT2D eigenvalue weighted by molar-refractivity contribution is 0.0929. The summed E-state index contributed by atoms with van der Waals surface area (Å²) in [6.45, 7) is 2.16. The van der Waals surface area contributed by atoms with Crippen molar-refractivity contribution in [3.63, 3.8) is 0 Å². The number of ether oxygens (including phenoxy) is 1. The van der Waals surface area contributed by atoms with Gasteiger partial charge in [0.15, 0.2) is 0 Å². The monoisotopic (exact) mass is 178 g/mol. The molecule has 2 heterocycles. The SMILES string of the molecule is COC1C(C)c2cnccc2N1C. The molecular formula is C10H14N2O. The minimum atomic E-state index is 0.152. The van der Waals surface area contributed by atoms with E-state index in [4.69, 9.17) is 4.74 Å². The van der Waals surface area contributed by atoms with Crippen LogP contribution in [0.1, 0.15) is 18.4 Å². The Kier molecular flexibility index (Phi) is 1.96. The van der Waals surface area contributed by atoms with Crippen molar-refractivity contribution in [2.24, 2.45) is 0 Å². The Balaban J connectivity index is 2.44. The molecule has 2 rings (SSSR count). The average molecular weight is 178 g/mol. The molecule has 13 heavy (non-hydrogen) atoms. The quantitative estimate of drug-likeness (QED) is 0.653. The van der Waals surface area contributed by atoms with E-state index in [0.29, 0.717) is 5.92 Å². The molecule has 3 nitrogen and oxygen atoms in total. The highest BCUT2D eigenvalue weighted by molar-refractivity contribution is 5.58. The van der Waals surface area contributed by atoms with Crippen LogP contribution in [0, 0.1) is 0 Å². The van der Waals surface area contributed by atoms with Gasteiger partial charge in [-0.25, -0.2) is 0 Å². The van der Waals surface area contributed by atoms with Gasteiger partial charge in [0.2, 0.25) is 0 Å². The normalized spacial score (nSPS) is 26.2. The van der Waals surface area contributed by atoms with E-state index >= 15 is 0 Å². The largest absolute Gasteiger partial charge is 0.361 e. The molecule has 70 valence electrons. The third-order valence-corrected chi connectivity index (χ3v) is 2.75. The first-order chi connectivity index (χ1) is 6.25. The third kappa shape index (κ3) is 1.11. The summed E-state index contributed by atoms with van der Waals surface area (Å²) in [6, 6.07) is 2.03. The van der Waals surface area contributed by atoms with Crippen molar-refractivity contribution < 1.29 is 4.74 Å². The number of aromatic nitrogens is 1. The van der Waals surface area contributed by atoms with Crippen LogP contribution in [0.25, 0.3) is 0 Å². The molecule has 0 radical (unpaired) electrons. The number of anilines is 1. The molecule has 1 aromatic rings. The van der Waals surface area contributed by atoms with Crippen LogP contribution in [0.2, 0.25) is 0 Å². The number of methoxy groups -OCH3 is 1. The highest BCUT2D eigenvalue weighted by Gasteiger charge is 2.33. The fourth-order valence-electron chi connectivity index (χ4n) is 2.06. The molecular weight excluding hydrogens is 164 g/mol. The first kappa shape index (κ1) is 8.51. The molecule has 0 aliphatic carbocycles. The van der Waals surface area contributed by atoms with E-state index in [-0.39, 0.29) is 6.23 Å². The molecule has 1 aliphatic rings. The topological polar surface area (TPSA) is 25.4 Å². The molecule has 2 unspecified atom stereocenters. The predicted octanol–water partition coefficient (Wildman–Crippen LogP) is 1.61. The number of nitrogens with zero attached hydrogens (tertiary/aromatic N) is 2. The fourth-order valence-corrected chi connectivity index (χ4v) is 2.06. The van der Waals surface area contributed by atoms with Crippen LogP contribution in [0.5, 0.6) is 0 Å². The lowest BCUT2D eigenvalue weighted by Crippen LogP contribution is -2.31. The van der Waals surface area contributed by atoms with Crippen LogP contribution >= 0.6 is 0 Å². The zero-order chi connectivity index (χ0) is 9.42. The van der Waals surface area contributed by atoms with E-state index in [1.807, 2.05) is 18.5 Å². The standard InChI is InChI=1S/C10H14N2O/c1-7-8-6-11-5-4-9(8)12(2)10(7)13-3/h4-7,10H,1-3H3. The number of likely N-dealkylation sites (N-methyl/N-ethyl adjacent to an activating group) is 1. The summed E-state index contributed by atoms with van der Waals surface area (Å²) in [4.78, 5) is 6.28. The Morgan fingerprint density at radius 2 is 2.31 bits per heavy atom. The Hall–Kier alpha value is -1.09. The summed E-state index contributed by atoms with van der Waals surface area (Å²) in [5.74, 6) is 0.402. The number of pyridine rings is 1. The second-order valence-electron chi connectivity index (χ2n) is 3.46. The van der Waals surface area contributed by atoms with E-state index in [2.05, 4.69) is 23.9 Å². The zero-order valence-electron chi connectivity index (χ0n) is 8.19. The van der Waals surface area contributed by atoms with E-state index in [0.717, 1.165) is 0 Å². The maximum Gasteiger partial charge on any atom is 0.136 e. The first-order valence-corrected chi connectivity index (χ1v) is 4.45. The van der Waals surface area contributed by atoms with Crippen LogP contribution in [0.4, 0.5) is 5.69 Å². The molecule has 1 aromatic heterocycles. The molecule has 3 heteroatoms. The van der Waals surface area contributed by atoms with Crippen molar-refractivity contribution in [3.05, 3.63) is 24.0 Å². The minimum Gasteiger partial charge on any atom is -0.361 e. The summed E-state index contributed by atoms with van der Waals surface area (Å²) in [5.41, 5.74) is 2.51. The molecule has 2 atom stereocenters. The van der Waals surface area contributed by atoms with Crippen molar-refractivity contribution in [1.82, 2.24) is 4.98 Å². The van der Waals surface area contributed by atoms with Crippen molar-refractivity contribution in [2.45, 2.75) is 19.1 Å². The van der Waals surface area contributed by atoms with Gasteiger partial charge in [0.25, 0.3) is 0 Å². The number of hydrogen-bond acceptors (Lipinski definition) is 3. The maximum absolute atomic E-state index is 5.42. The van der Waals surface area contributed by atoms with Gasteiger partial charge in [-0.1, -0.05) is 6.92 Å². The van der Waals surface area contributed by atoms with Crippen LogP contribution < -0.4 is 4.90 Å². The van der Waals surface area contributed by atoms with Gasteiger partial charge in [-0.3, -0.25) is 4.98 Å². The van der Waals surface area contributed by atoms with E-state index in [9.17, 15) is 0 Å². The molecule has 0 amide bonds. The first-order valence-electron chi connectivity index (χ1n) is 4.45. The molecule has 1 aliphatic heterocycles. The lowest BCUT2D eigenvalue weighted by Gasteiger charge is -2.23. The van der Waals surface area contributed by atoms with E-state index in [1.54, 1.807) is 7.11 Å². The second kappa shape index (κ2) is 3.00. The minimum absolute atomic E-state index is 0.152. The van der Waals surface area contributed by atoms with Gasteiger partial charge < -0.3 is 9.64 Å². The molecule has 0 N–H and O–H groups in total. The molecule has 0 spiro atoms. The van der Waals surface area contributed by atoms with Gasteiger partial charge >= 0.3 is 0 Å². The van der Waals surface area contributed by atoms with Crippen molar-refractivity contribution in [2.75, 3.05) is 19.1 Å². The third-order valence-electron chi connectivity index (χ3n) is 2.75. The predicted molar refractivity (Wildman–Crippen MR) is 51.9 cm³/mol. The smallest absolute Gasteiger partial charge is 0.136 e. The van der Waals surface area contributed by atoms with Gasteiger partial charge in [-0.05, 0) is 6.07 Å². The number of fused-ring (bicyclic) bond motifs is 1.